The minimum atomic E-state index is -0.361. The molecule has 0 spiro atoms. The number of ether oxygens (including phenoxy) is 2. The number of aryl methyl sites for hydroxylation is 2. The summed E-state index contributed by atoms with van der Waals surface area (Å²) in [5, 5.41) is 4.23. The molecule has 7 heteroatoms. The molecule has 2 heterocycles. The third-order valence-electron chi connectivity index (χ3n) is 4.29. The molecular formula is C19H21N3O3S. The lowest BCUT2D eigenvalue weighted by molar-refractivity contribution is 0.0393. The van der Waals surface area contributed by atoms with Gasteiger partial charge in [-0.1, -0.05) is 12.1 Å². The molecule has 0 radical (unpaired) electrons. The van der Waals surface area contributed by atoms with Gasteiger partial charge in [-0.2, -0.15) is 0 Å². The molecule has 3 rings (SSSR count). The molecule has 2 aromatic heterocycles. The van der Waals surface area contributed by atoms with E-state index in [1.165, 1.54) is 23.2 Å². The maximum Gasteiger partial charge on any atom is 0.348 e. The Balaban J connectivity index is 1.97. The average Bonchev–Trinajstić information content (AvgIpc) is 2.97. The molecule has 26 heavy (non-hydrogen) atoms. The first-order chi connectivity index (χ1) is 12.5. The average molecular weight is 371 g/mol. The summed E-state index contributed by atoms with van der Waals surface area (Å²) in [5.74, 6) is 0.327. The van der Waals surface area contributed by atoms with Crippen LogP contribution in [0.15, 0.2) is 24.5 Å². The molecule has 0 unspecified atom stereocenters. The summed E-state index contributed by atoms with van der Waals surface area (Å²) >= 11 is 1.32. The molecule has 3 aromatic rings. The number of methoxy groups -OCH3 is 1. The Bertz CT molecular complexity index is 953. The number of aromatic nitrogens is 2. The van der Waals surface area contributed by atoms with E-state index in [9.17, 15) is 4.79 Å². The summed E-state index contributed by atoms with van der Waals surface area (Å²) in [5.41, 5.74) is 4.16. The lowest BCUT2D eigenvalue weighted by Gasteiger charge is -2.11. The van der Waals surface area contributed by atoms with Crippen LogP contribution in [0.4, 0.5) is 11.5 Å². The third kappa shape index (κ3) is 3.54. The molecule has 0 atom stereocenters. The number of nitrogens with one attached hydrogen (secondary N) is 1. The lowest BCUT2D eigenvalue weighted by atomic mass is 10.1. The van der Waals surface area contributed by atoms with Crippen LogP contribution in [-0.4, -0.2) is 36.3 Å². The van der Waals surface area contributed by atoms with Crippen molar-refractivity contribution in [2.45, 2.75) is 20.8 Å². The van der Waals surface area contributed by atoms with Gasteiger partial charge in [0.25, 0.3) is 0 Å². The molecule has 0 fully saturated rings. The molecule has 0 saturated carbocycles. The van der Waals surface area contributed by atoms with Crippen LogP contribution in [0.2, 0.25) is 0 Å². The van der Waals surface area contributed by atoms with Crippen LogP contribution in [0.1, 0.15) is 26.4 Å². The summed E-state index contributed by atoms with van der Waals surface area (Å²) in [6.45, 7) is 6.62. The van der Waals surface area contributed by atoms with E-state index in [2.05, 4.69) is 35.2 Å². The molecule has 0 aliphatic carbocycles. The number of nitrogens with zero attached hydrogens (tertiary/aromatic N) is 2. The van der Waals surface area contributed by atoms with Crippen LogP contribution < -0.4 is 5.32 Å². The second-order valence-corrected chi connectivity index (χ2v) is 6.96. The highest BCUT2D eigenvalue weighted by atomic mass is 32.1. The van der Waals surface area contributed by atoms with Gasteiger partial charge < -0.3 is 14.8 Å². The molecule has 0 saturated heterocycles. The third-order valence-corrected chi connectivity index (χ3v) is 5.47. The van der Waals surface area contributed by atoms with Crippen LogP contribution in [0, 0.1) is 20.8 Å². The van der Waals surface area contributed by atoms with E-state index in [0.29, 0.717) is 17.3 Å². The summed E-state index contributed by atoms with van der Waals surface area (Å²) < 4.78 is 10.2. The first-order valence-electron chi connectivity index (χ1n) is 8.26. The molecule has 0 bridgehead atoms. The normalized spacial score (nSPS) is 10.9. The van der Waals surface area contributed by atoms with Crippen LogP contribution in [0.25, 0.3) is 10.2 Å². The number of benzene rings is 1. The Labute approximate surface area is 156 Å². The van der Waals surface area contributed by atoms with Crippen molar-refractivity contribution in [2.75, 3.05) is 25.6 Å². The minimum Gasteiger partial charge on any atom is -0.459 e. The van der Waals surface area contributed by atoms with Crippen molar-refractivity contribution in [1.29, 1.82) is 0 Å². The van der Waals surface area contributed by atoms with Crippen LogP contribution >= 0.6 is 11.3 Å². The fourth-order valence-electron chi connectivity index (χ4n) is 2.66. The molecular weight excluding hydrogens is 350 g/mol. The first-order valence-corrected chi connectivity index (χ1v) is 9.08. The van der Waals surface area contributed by atoms with Crippen molar-refractivity contribution < 1.29 is 14.3 Å². The van der Waals surface area contributed by atoms with E-state index in [0.717, 1.165) is 27.0 Å². The monoisotopic (exact) mass is 371 g/mol. The van der Waals surface area contributed by atoms with Crippen molar-refractivity contribution in [2.24, 2.45) is 0 Å². The number of rotatable bonds is 6. The topological polar surface area (TPSA) is 73.3 Å². The Hall–Kier alpha value is -2.51. The van der Waals surface area contributed by atoms with Gasteiger partial charge in [0.1, 0.15) is 28.5 Å². The van der Waals surface area contributed by atoms with Gasteiger partial charge in [0.05, 0.1) is 12.0 Å². The first kappa shape index (κ1) is 18.3. The quantitative estimate of drug-likeness (QED) is 0.518. The van der Waals surface area contributed by atoms with Crippen LogP contribution in [0.3, 0.4) is 0 Å². The van der Waals surface area contributed by atoms with E-state index in [4.69, 9.17) is 9.47 Å². The molecule has 1 N–H and O–H groups in total. The van der Waals surface area contributed by atoms with E-state index >= 15 is 0 Å². The van der Waals surface area contributed by atoms with Crippen molar-refractivity contribution in [3.63, 3.8) is 0 Å². The second kappa shape index (κ2) is 7.80. The highest BCUT2D eigenvalue weighted by Crippen LogP contribution is 2.35. The maximum absolute atomic E-state index is 12.3. The fourth-order valence-corrected chi connectivity index (χ4v) is 3.70. The molecule has 0 aliphatic heterocycles. The summed E-state index contributed by atoms with van der Waals surface area (Å²) in [6, 6.07) is 6.08. The van der Waals surface area contributed by atoms with Crippen molar-refractivity contribution in [3.05, 3.63) is 46.1 Å². The second-order valence-electron chi connectivity index (χ2n) is 5.96. The Morgan fingerprint density at radius 1 is 1.15 bits per heavy atom. The largest absolute Gasteiger partial charge is 0.459 e. The van der Waals surface area contributed by atoms with Gasteiger partial charge in [0.2, 0.25) is 0 Å². The molecule has 0 amide bonds. The minimum absolute atomic E-state index is 0.224. The summed E-state index contributed by atoms with van der Waals surface area (Å²) in [7, 11) is 1.57. The maximum atomic E-state index is 12.3. The zero-order valence-electron chi connectivity index (χ0n) is 15.3. The predicted octanol–water partition coefficient (Wildman–Crippen LogP) is 4.16. The molecule has 0 aliphatic rings. The number of carbonyl (C=O) groups excluding carboxylic acids is 1. The zero-order valence-corrected chi connectivity index (χ0v) is 16.1. The van der Waals surface area contributed by atoms with E-state index in [1.807, 2.05) is 19.1 Å². The van der Waals surface area contributed by atoms with Crippen molar-refractivity contribution >= 4 is 39.0 Å². The van der Waals surface area contributed by atoms with Crippen molar-refractivity contribution in [3.8, 4) is 0 Å². The Kier molecular flexibility index (Phi) is 5.49. The van der Waals surface area contributed by atoms with Crippen LogP contribution in [-0.2, 0) is 9.47 Å². The number of thiophene rings is 1. The smallest absolute Gasteiger partial charge is 0.348 e. The number of esters is 1. The number of anilines is 2. The Morgan fingerprint density at radius 2 is 1.96 bits per heavy atom. The number of carbonyl (C=O) groups is 1. The number of hydrogen-bond donors (Lipinski definition) is 1. The number of fused-ring (bicyclic) bond motifs is 1. The molecule has 6 nitrogen and oxygen atoms in total. The van der Waals surface area contributed by atoms with Crippen molar-refractivity contribution in [1.82, 2.24) is 9.97 Å². The van der Waals surface area contributed by atoms with E-state index < -0.39 is 0 Å². The predicted molar refractivity (Wildman–Crippen MR) is 104 cm³/mol. The van der Waals surface area contributed by atoms with Gasteiger partial charge in [0, 0.05) is 12.8 Å². The summed E-state index contributed by atoms with van der Waals surface area (Å²) in [4.78, 5) is 22.4. The van der Waals surface area contributed by atoms with Gasteiger partial charge in [0.15, 0.2) is 0 Å². The lowest BCUT2D eigenvalue weighted by Crippen LogP contribution is -2.09. The Morgan fingerprint density at radius 3 is 2.73 bits per heavy atom. The highest BCUT2D eigenvalue weighted by Gasteiger charge is 2.20. The highest BCUT2D eigenvalue weighted by molar-refractivity contribution is 7.20. The summed E-state index contributed by atoms with van der Waals surface area (Å²) in [6.07, 6.45) is 1.51. The molecule has 136 valence electrons. The SMILES string of the molecule is COCCOC(=O)c1sc2ncnc(Nc3cccc(C)c3C)c2c1C. The van der Waals surface area contributed by atoms with Gasteiger partial charge in [-0.25, -0.2) is 14.8 Å². The van der Waals surface area contributed by atoms with Crippen LogP contribution in [0.5, 0.6) is 0 Å². The standard InChI is InChI=1S/C19H21N3O3S/c1-11-6-5-7-14(12(11)2)22-17-15-13(3)16(19(23)25-9-8-24-4)26-18(15)21-10-20-17/h5-7,10H,8-9H2,1-4H3,(H,20,21,22). The van der Waals surface area contributed by atoms with Gasteiger partial charge >= 0.3 is 5.97 Å². The van der Waals surface area contributed by atoms with Gasteiger partial charge in [-0.05, 0) is 43.5 Å². The van der Waals surface area contributed by atoms with E-state index in [-0.39, 0.29) is 12.6 Å². The van der Waals surface area contributed by atoms with Gasteiger partial charge in [-0.15, -0.1) is 11.3 Å². The van der Waals surface area contributed by atoms with Gasteiger partial charge in [-0.3, -0.25) is 0 Å². The fraction of sp³-hybridized carbons (Fsp3) is 0.316. The van der Waals surface area contributed by atoms with E-state index in [1.54, 1.807) is 7.11 Å². The number of hydrogen-bond acceptors (Lipinski definition) is 7. The zero-order chi connectivity index (χ0) is 18.7. The molecule has 1 aromatic carbocycles.